The minimum atomic E-state index is -0.705. The van der Waals surface area contributed by atoms with Gasteiger partial charge in [0, 0.05) is 11.6 Å². The second-order valence-electron chi connectivity index (χ2n) is 8.66. The van der Waals surface area contributed by atoms with Crippen molar-refractivity contribution >= 4 is 17.7 Å². The molecule has 3 aromatic carbocycles. The van der Waals surface area contributed by atoms with Crippen LogP contribution in [0.3, 0.4) is 0 Å². The van der Waals surface area contributed by atoms with Crippen LogP contribution in [0.1, 0.15) is 41.9 Å². The zero-order valence-corrected chi connectivity index (χ0v) is 19.4. The fourth-order valence-corrected chi connectivity index (χ4v) is 4.41. The molecule has 0 spiro atoms. The Morgan fingerprint density at radius 2 is 1.53 bits per heavy atom. The smallest absolute Gasteiger partial charge is 0.407 e. The lowest BCUT2D eigenvalue weighted by atomic mass is 9.98. The first-order valence-electron chi connectivity index (χ1n) is 11.8. The van der Waals surface area contributed by atoms with Crippen molar-refractivity contribution in [3.05, 3.63) is 89.5 Å². The molecular formula is C28H31N3O3. The Kier molecular flexibility index (Phi) is 7.60. The number of nitrogens with one attached hydrogen (secondary N) is 2. The van der Waals surface area contributed by atoms with Crippen LogP contribution in [0.25, 0.3) is 11.1 Å². The normalized spacial score (nSPS) is 13.0. The number of unbranched alkanes of at least 4 members (excludes halogenated alkanes) is 1. The minimum Gasteiger partial charge on any atom is -0.449 e. The number of hydrogen-bond acceptors (Lipinski definition) is 4. The van der Waals surface area contributed by atoms with Crippen LogP contribution in [0.15, 0.2) is 72.8 Å². The number of amides is 2. The molecule has 0 unspecified atom stereocenters. The van der Waals surface area contributed by atoms with Gasteiger partial charge in [-0.15, -0.1) is 0 Å². The summed E-state index contributed by atoms with van der Waals surface area (Å²) in [5, 5.41) is 5.65. The first-order chi connectivity index (χ1) is 16.6. The summed E-state index contributed by atoms with van der Waals surface area (Å²) in [6.07, 6.45) is 1.39. The van der Waals surface area contributed by atoms with Crippen molar-refractivity contribution in [2.45, 2.75) is 38.1 Å². The van der Waals surface area contributed by atoms with Gasteiger partial charge in [0.25, 0.3) is 0 Å². The Morgan fingerprint density at radius 1 is 0.912 bits per heavy atom. The maximum absolute atomic E-state index is 12.9. The van der Waals surface area contributed by atoms with Gasteiger partial charge >= 0.3 is 6.09 Å². The molecule has 1 aliphatic rings. The van der Waals surface area contributed by atoms with Crippen LogP contribution in [-0.4, -0.2) is 31.2 Å². The highest BCUT2D eigenvalue weighted by molar-refractivity contribution is 5.96. The molecule has 1 atom stereocenters. The summed E-state index contributed by atoms with van der Waals surface area (Å²) in [6, 6.07) is 23.2. The predicted octanol–water partition coefficient (Wildman–Crippen LogP) is 4.97. The average molecular weight is 458 g/mol. The lowest BCUT2D eigenvalue weighted by Gasteiger charge is -2.20. The van der Waals surface area contributed by atoms with Crippen LogP contribution in [0.5, 0.6) is 0 Å². The monoisotopic (exact) mass is 457 g/mol. The fraction of sp³-hybridized carbons (Fsp3) is 0.286. The van der Waals surface area contributed by atoms with Gasteiger partial charge in [0.15, 0.2) is 0 Å². The fourth-order valence-electron chi connectivity index (χ4n) is 4.41. The van der Waals surface area contributed by atoms with Crippen molar-refractivity contribution in [2.75, 3.05) is 18.5 Å². The van der Waals surface area contributed by atoms with Gasteiger partial charge in [0.05, 0.1) is 0 Å². The molecular weight excluding hydrogens is 426 g/mol. The van der Waals surface area contributed by atoms with Crippen molar-refractivity contribution in [3.8, 4) is 11.1 Å². The highest BCUT2D eigenvalue weighted by Crippen LogP contribution is 2.44. The highest BCUT2D eigenvalue weighted by atomic mass is 16.5. The van der Waals surface area contributed by atoms with Crippen molar-refractivity contribution < 1.29 is 14.3 Å². The molecule has 1 aliphatic carbocycles. The minimum absolute atomic E-state index is 0.0322. The summed E-state index contributed by atoms with van der Waals surface area (Å²) in [4.78, 5) is 25.6. The third kappa shape index (κ3) is 5.46. The standard InChI is InChI=1S/C28H31N3O3/c1-19-13-15-20(16-14-19)30-27(32)26(12-6-7-17-29)31-28(33)34-18-25-23-10-4-2-8-21(23)22-9-3-5-11-24(22)25/h2-5,8-11,13-16,25-26H,6-7,12,17-18,29H2,1H3,(H,30,32)(H,31,33)/t26-/m0/s1. The van der Waals surface area contributed by atoms with E-state index in [0.29, 0.717) is 18.7 Å². The Morgan fingerprint density at radius 3 is 2.15 bits per heavy atom. The van der Waals surface area contributed by atoms with Crippen molar-refractivity contribution in [2.24, 2.45) is 5.73 Å². The molecule has 4 N–H and O–H groups in total. The van der Waals surface area contributed by atoms with E-state index in [2.05, 4.69) is 34.9 Å². The first-order valence-corrected chi connectivity index (χ1v) is 11.8. The van der Waals surface area contributed by atoms with E-state index in [4.69, 9.17) is 10.5 Å². The van der Waals surface area contributed by atoms with Crippen LogP contribution in [0, 0.1) is 6.92 Å². The lowest BCUT2D eigenvalue weighted by molar-refractivity contribution is -0.118. The van der Waals surface area contributed by atoms with Gasteiger partial charge in [-0.3, -0.25) is 4.79 Å². The quantitative estimate of drug-likeness (QED) is 0.396. The SMILES string of the molecule is Cc1ccc(NC(=O)[C@H](CCCCN)NC(=O)OCC2c3ccccc3-c3ccccc32)cc1. The zero-order chi connectivity index (χ0) is 23.9. The molecule has 0 aromatic heterocycles. The third-order valence-electron chi connectivity index (χ3n) is 6.22. The van der Waals surface area contributed by atoms with E-state index >= 15 is 0 Å². The number of fused-ring (bicyclic) bond motifs is 3. The van der Waals surface area contributed by atoms with Gasteiger partial charge in [-0.2, -0.15) is 0 Å². The van der Waals surface area contributed by atoms with E-state index in [0.717, 1.165) is 29.5 Å². The molecule has 2 amide bonds. The summed E-state index contributed by atoms with van der Waals surface area (Å²) in [6.45, 7) is 2.73. The number of ether oxygens (including phenoxy) is 1. The topological polar surface area (TPSA) is 93.5 Å². The average Bonchev–Trinajstić information content (AvgIpc) is 3.17. The van der Waals surface area contributed by atoms with Gasteiger partial charge in [0.1, 0.15) is 12.6 Å². The molecule has 3 aromatic rings. The number of benzene rings is 3. The summed E-state index contributed by atoms with van der Waals surface area (Å²) in [5.41, 5.74) is 12.0. The Balaban J connectivity index is 1.40. The number of rotatable bonds is 9. The van der Waals surface area contributed by atoms with Gasteiger partial charge in [0.2, 0.25) is 5.91 Å². The molecule has 0 radical (unpaired) electrons. The van der Waals surface area contributed by atoms with Crippen molar-refractivity contribution in [1.82, 2.24) is 5.32 Å². The number of carbonyl (C=O) groups excluding carboxylic acids is 2. The zero-order valence-electron chi connectivity index (χ0n) is 19.4. The summed E-state index contributed by atoms with van der Waals surface area (Å²) >= 11 is 0. The number of anilines is 1. The molecule has 6 nitrogen and oxygen atoms in total. The first kappa shape index (κ1) is 23.5. The maximum atomic E-state index is 12.9. The lowest BCUT2D eigenvalue weighted by Crippen LogP contribution is -2.44. The molecule has 176 valence electrons. The molecule has 0 bridgehead atoms. The molecule has 0 saturated carbocycles. The Bertz CT molecular complexity index is 1100. The molecule has 0 saturated heterocycles. The maximum Gasteiger partial charge on any atom is 0.407 e. The summed E-state index contributed by atoms with van der Waals surface area (Å²) in [5.74, 6) is -0.301. The second kappa shape index (κ2) is 11.0. The van der Waals surface area contributed by atoms with Gasteiger partial charge < -0.3 is 21.1 Å². The molecule has 4 rings (SSSR count). The van der Waals surface area contributed by atoms with Crippen LogP contribution in [-0.2, 0) is 9.53 Å². The number of nitrogens with two attached hydrogens (primary N) is 1. The summed E-state index contributed by atoms with van der Waals surface area (Å²) < 4.78 is 5.64. The Hall–Kier alpha value is -3.64. The van der Waals surface area contributed by atoms with E-state index < -0.39 is 12.1 Å². The molecule has 6 heteroatoms. The van der Waals surface area contributed by atoms with Crippen molar-refractivity contribution in [1.29, 1.82) is 0 Å². The van der Waals surface area contributed by atoms with E-state index in [1.807, 2.05) is 55.5 Å². The summed E-state index contributed by atoms with van der Waals surface area (Å²) in [7, 11) is 0. The number of carbonyl (C=O) groups is 2. The van der Waals surface area contributed by atoms with E-state index in [1.54, 1.807) is 0 Å². The number of hydrogen-bond donors (Lipinski definition) is 3. The number of alkyl carbamates (subject to hydrolysis) is 1. The molecule has 0 fully saturated rings. The molecule has 0 heterocycles. The van der Waals surface area contributed by atoms with E-state index in [9.17, 15) is 9.59 Å². The second-order valence-corrected chi connectivity index (χ2v) is 8.66. The largest absolute Gasteiger partial charge is 0.449 e. The van der Waals surface area contributed by atoms with Crippen LogP contribution >= 0.6 is 0 Å². The predicted molar refractivity (Wildman–Crippen MR) is 135 cm³/mol. The van der Waals surface area contributed by atoms with Crippen LogP contribution in [0.2, 0.25) is 0 Å². The van der Waals surface area contributed by atoms with E-state index in [1.165, 1.54) is 11.1 Å². The van der Waals surface area contributed by atoms with Crippen molar-refractivity contribution in [3.63, 3.8) is 0 Å². The van der Waals surface area contributed by atoms with Crippen LogP contribution in [0.4, 0.5) is 10.5 Å². The van der Waals surface area contributed by atoms with E-state index in [-0.39, 0.29) is 18.4 Å². The third-order valence-corrected chi connectivity index (χ3v) is 6.22. The molecule has 0 aliphatic heterocycles. The molecule has 34 heavy (non-hydrogen) atoms. The number of aryl methyl sites for hydroxylation is 1. The van der Waals surface area contributed by atoms with Gasteiger partial charge in [-0.05, 0) is 67.1 Å². The van der Waals surface area contributed by atoms with Crippen LogP contribution < -0.4 is 16.4 Å². The highest BCUT2D eigenvalue weighted by Gasteiger charge is 2.29. The van der Waals surface area contributed by atoms with Gasteiger partial charge in [-0.1, -0.05) is 66.2 Å². The van der Waals surface area contributed by atoms with Gasteiger partial charge in [-0.25, -0.2) is 4.79 Å². The Labute approximate surface area is 200 Å².